The van der Waals surface area contributed by atoms with Crippen LogP contribution in [0.5, 0.6) is 0 Å². The molecule has 1 aromatic rings. The maximum atomic E-state index is 11.4. The van der Waals surface area contributed by atoms with Crippen LogP contribution in [0.2, 0.25) is 0 Å². The van der Waals surface area contributed by atoms with E-state index in [0.717, 1.165) is 24.4 Å². The molecule has 0 saturated carbocycles. The number of carbonyl (C=O) groups is 1. The Labute approximate surface area is 96.5 Å². The third-order valence-corrected chi connectivity index (χ3v) is 2.24. The van der Waals surface area contributed by atoms with Crippen molar-refractivity contribution in [2.75, 3.05) is 13.6 Å². The van der Waals surface area contributed by atoms with Crippen LogP contribution in [0.25, 0.3) is 0 Å². The summed E-state index contributed by atoms with van der Waals surface area (Å²) in [6, 6.07) is 5.81. The number of nitrogens with zero attached hydrogens (tertiary/aromatic N) is 1. The lowest BCUT2D eigenvalue weighted by atomic mass is 10.2. The molecule has 0 fully saturated rings. The second-order valence-corrected chi connectivity index (χ2v) is 3.75. The third kappa shape index (κ3) is 4.89. The second kappa shape index (κ2) is 6.95. The molecule has 4 heteroatoms. The average molecular weight is 221 g/mol. The van der Waals surface area contributed by atoms with E-state index >= 15 is 0 Å². The topological polar surface area (TPSA) is 54.0 Å². The van der Waals surface area contributed by atoms with Crippen molar-refractivity contribution >= 4 is 5.91 Å². The minimum atomic E-state index is 0.0820. The molecular weight excluding hydrogens is 202 g/mol. The summed E-state index contributed by atoms with van der Waals surface area (Å²) in [6.07, 6.45) is 1.43. The minimum absolute atomic E-state index is 0.0820. The Bertz CT molecular complexity index is 339. The molecule has 16 heavy (non-hydrogen) atoms. The van der Waals surface area contributed by atoms with Crippen molar-refractivity contribution in [3.63, 3.8) is 0 Å². The minimum Gasteiger partial charge on any atom is -0.350 e. The van der Waals surface area contributed by atoms with Crippen LogP contribution in [0.3, 0.4) is 0 Å². The fourth-order valence-electron chi connectivity index (χ4n) is 1.40. The summed E-state index contributed by atoms with van der Waals surface area (Å²) in [6.45, 7) is 3.33. The molecule has 1 amide bonds. The van der Waals surface area contributed by atoms with Gasteiger partial charge in [0, 0.05) is 12.1 Å². The van der Waals surface area contributed by atoms with Crippen LogP contribution in [0.15, 0.2) is 18.2 Å². The lowest BCUT2D eigenvalue weighted by molar-refractivity contribution is -0.121. The molecule has 2 N–H and O–H groups in total. The molecule has 0 unspecified atom stereocenters. The van der Waals surface area contributed by atoms with Crippen LogP contribution >= 0.6 is 0 Å². The summed E-state index contributed by atoms with van der Waals surface area (Å²) in [5, 5.41) is 5.87. The molecule has 0 aromatic carbocycles. The van der Waals surface area contributed by atoms with E-state index in [2.05, 4.69) is 15.6 Å². The van der Waals surface area contributed by atoms with E-state index in [9.17, 15) is 4.79 Å². The van der Waals surface area contributed by atoms with Crippen molar-refractivity contribution < 1.29 is 4.79 Å². The third-order valence-electron chi connectivity index (χ3n) is 2.24. The van der Waals surface area contributed by atoms with Crippen LogP contribution in [0, 0.1) is 6.92 Å². The van der Waals surface area contributed by atoms with Crippen molar-refractivity contribution in [1.29, 1.82) is 0 Å². The number of hydrogen-bond acceptors (Lipinski definition) is 3. The fourth-order valence-corrected chi connectivity index (χ4v) is 1.40. The Balaban J connectivity index is 2.26. The van der Waals surface area contributed by atoms with E-state index in [1.807, 2.05) is 32.2 Å². The zero-order chi connectivity index (χ0) is 11.8. The number of hydrogen-bond donors (Lipinski definition) is 2. The van der Waals surface area contributed by atoms with Crippen molar-refractivity contribution in [3.8, 4) is 0 Å². The highest BCUT2D eigenvalue weighted by Gasteiger charge is 2.01. The van der Waals surface area contributed by atoms with Gasteiger partial charge < -0.3 is 10.6 Å². The summed E-state index contributed by atoms with van der Waals surface area (Å²) in [4.78, 5) is 15.7. The zero-order valence-electron chi connectivity index (χ0n) is 9.92. The van der Waals surface area contributed by atoms with E-state index in [0.29, 0.717) is 13.0 Å². The van der Waals surface area contributed by atoms with Gasteiger partial charge in [-0.25, -0.2) is 0 Å². The monoisotopic (exact) mass is 221 g/mol. The van der Waals surface area contributed by atoms with Crippen LogP contribution in [0.4, 0.5) is 0 Å². The van der Waals surface area contributed by atoms with Crippen LogP contribution in [0.1, 0.15) is 24.2 Å². The summed E-state index contributed by atoms with van der Waals surface area (Å²) >= 11 is 0. The maximum absolute atomic E-state index is 11.4. The van der Waals surface area contributed by atoms with Crippen LogP contribution in [-0.4, -0.2) is 24.5 Å². The molecule has 0 radical (unpaired) electrons. The molecule has 0 atom stereocenters. The van der Waals surface area contributed by atoms with E-state index in [4.69, 9.17) is 0 Å². The summed E-state index contributed by atoms with van der Waals surface area (Å²) in [7, 11) is 1.88. The van der Waals surface area contributed by atoms with Gasteiger partial charge in [0.2, 0.25) is 5.91 Å². The van der Waals surface area contributed by atoms with Gasteiger partial charge in [-0.15, -0.1) is 0 Å². The lowest BCUT2D eigenvalue weighted by Gasteiger charge is -2.05. The molecule has 0 bridgehead atoms. The quantitative estimate of drug-likeness (QED) is 0.705. The number of aromatic nitrogens is 1. The molecule has 1 aromatic heterocycles. The van der Waals surface area contributed by atoms with E-state index < -0.39 is 0 Å². The number of amides is 1. The molecule has 0 aliphatic carbocycles. The molecule has 0 aliphatic rings. The van der Waals surface area contributed by atoms with Crippen LogP contribution < -0.4 is 10.6 Å². The van der Waals surface area contributed by atoms with E-state index in [1.165, 1.54) is 0 Å². The number of rotatable bonds is 6. The van der Waals surface area contributed by atoms with Gasteiger partial charge in [0.25, 0.3) is 0 Å². The van der Waals surface area contributed by atoms with Gasteiger partial charge in [-0.3, -0.25) is 9.78 Å². The summed E-state index contributed by atoms with van der Waals surface area (Å²) in [5.74, 6) is 0.0820. The fraction of sp³-hybridized carbons (Fsp3) is 0.500. The highest BCUT2D eigenvalue weighted by molar-refractivity contribution is 5.75. The Hall–Kier alpha value is -1.42. The Morgan fingerprint density at radius 2 is 2.25 bits per heavy atom. The first-order valence-corrected chi connectivity index (χ1v) is 5.56. The molecular formula is C12H19N3O. The lowest BCUT2D eigenvalue weighted by Crippen LogP contribution is -2.24. The molecule has 0 saturated heterocycles. The molecule has 4 nitrogen and oxygen atoms in total. The SMILES string of the molecule is CNCCCC(=O)NCc1cccc(C)n1. The molecule has 88 valence electrons. The number of nitrogens with one attached hydrogen (secondary N) is 2. The number of aryl methyl sites for hydroxylation is 1. The largest absolute Gasteiger partial charge is 0.350 e. The van der Waals surface area contributed by atoms with E-state index in [1.54, 1.807) is 0 Å². The molecule has 1 rings (SSSR count). The van der Waals surface area contributed by atoms with Gasteiger partial charge in [-0.05, 0) is 39.1 Å². The van der Waals surface area contributed by atoms with Crippen LogP contribution in [-0.2, 0) is 11.3 Å². The van der Waals surface area contributed by atoms with Gasteiger partial charge in [0.1, 0.15) is 0 Å². The van der Waals surface area contributed by atoms with Crippen molar-refractivity contribution in [2.24, 2.45) is 0 Å². The first-order valence-electron chi connectivity index (χ1n) is 5.56. The molecule has 0 spiro atoms. The highest BCUT2D eigenvalue weighted by atomic mass is 16.1. The first kappa shape index (κ1) is 12.6. The van der Waals surface area contributed by atoms with E-state index in [-0.39, 0.29) is 5.91 Å². The Kier molecular flexibility index (Phi) is 5.50. The van der Waals surface area contributed by atoms with Gasteiger partial charge in [0.05, 0.1) is 12.2 Å². The predicted molar refractivity (Wildman–Crippen MR) is 64.0 cm³/mol. The Morgan fingerprint density at radius 3 is 2.94 bits per heavy atom. The predicted octanol–water partition coefficient (Wildman–Crippen LogP) is 1.01. The Morgan fingerprint density at radius 1 is 1.44 bits per heavy atom. The number of carbonyl (C=O) groups excluding carboxylic acids is 1. The zero-order valence-corrected chi connectivity index (χ0v) is 9.92. The van der Waals surface area contributed by atoms with Gasteiger partial charge >= 0.3 is 0 Å². The van der Waals surface area contributed by atoms with Crippen molar-refractivity contribution in [2.45, 2.75) is 26.3 Å². The smallest absolute Gasteiger partial charge is 0.220 e. The number of pyridine rings is 1. The summed E-state index contributed by atoms with van der Waals surface area (Å²) in [5.41, 5.74) is 1.88. The first-order chi connectivity index (χ1) is 7.72. The molecule has 1 heterocycles. The normalized spacial score (nSPS) is 10.1. The maximum Gasteiger partial charge on any atom is 0.220 e. The highest BCUT2D eigenvalue weighted by Crippen LogP contribution is 1.97. The van der Waals surface area contributed by atoms with Gasteiger partial charge in [-0.1, -0.05) is 6.07 Å². The van der Waals surface area contributed by atoms with Crippen molar-refractivity contribution in [1.82, 2.24) is 15.6 Å². The van der Waals surface area contributed by atoms with Gasteiger partial charge in [0.15, 0.2) is 0 Å². The molecule has 0 aliphatic heterocycles. The van der Waals surface area contributed by atoms with Gasteiger partial charge in [-0.2, -0.15) is 0 Å². The second-order valence-electron chi connectivity index (χ2n) is 3.75. The summed E-state index contributed by atoms with van der Waals surface area (Å²) < 4.78 is 0. The average Bonchev–Trinajstić information content (AvgIpc) is 2.27. The standard InChI is InChI=1S/C12H19N3O/c1-10-5-3-6-11(15-10)9-14-12(16)7-4-8-13-2/h3,5-6,13H,4,7-9H2,1-2H3,(H,14,16). The van der Waals surface area contributed by atoms with Crippen molar-refractivity contribution in [3.05, 3.63) is 29.6 Å².